The number of aromatic nitrogens is 3. The van der Waals surface area contributed by atoms with Crippen LogP contribution in [0.4, 0.5) is 0 Å². The van der Waals surface area contributed by atoms with Crippen LogP contribution in [0, 0.1) is 5.92 Å². The molecular formula is C29H31N3O5. The highest BCUT2D eigenvalue weighted by Crippen LogP contribution is 2.34. The number of rotatable bonds is 6. The molecule has 0 fully saturated rings. The van der Waals surface area contributed by atoms with Crippen molar-refractivity contribution < 1.29 is 24.5 Å². The number of phenolic OH excluding ortho intramolecular Hbond substituents is 2. The number of carbonyl (C=O) groups excluding carboxylic acids is 1. The van der Waals surface area contributed by atoms with Crippen molar-refractivity contribution in [2.75, 3.05) is 13.7 Å². The van der Waals surface area contributed by atoms with E-state index in [-0.39, 0.29) is 23.1 Å². The Labute approximate surface area is 216 Å². The Bertz CT molecular complexity index is 1350. The van der Waals surface area contributed by atoms with E-state index in [1.165, 1.54) is 19.2 Å². The van der Waals surface area contributed by atoms with Gasteiger partial charge in [0.25, 0.3) is 0 Å². The molecule has 1 aromatic heterocycles. The molecule has 0 unspecified atom stereocenters. The van der Waals surface area contributed by atoms with Crippen LogP contribution < -0.4 is 4.74 Å². The number of hydrogen-bond acceptors (Lipinski definition) is 8. The molecule has 37 heavy (non-hydrogen) atoms. The van der Waals surface area contributed by atoms with Gasteiger partial charge in [0.05, 0.1) is 30.4 Å². The van der Waals surface area contributed by atoms with Crippen LogP contribution in [0.5, 0.6) is 17.2 Å². The summed E-state index contributed by atoms with van der Waals surface area (Å²) < 4.78 is 10.2. The van der Waals surface area contributed by atoms with Crippen molar-refractivity contribution >= 4 is 5.97 Å². The summed E-state index contributed by atoms with van der Waals surface area (Å²) in [4.78, 5) is 25.3. The summed E-state index contributed by atoms with van der Waals surface area (Å²) in [6, 6.07) is 18.2. The number of carbonyl (C=O) groups is 1. The van der Waals surface area contributed by atoms with E-state index in [4.69, 9.17) is 9.47 Å². The summed E-state index contributed by atoms with van der Waals surface area (Å²) in [5.74, 6) is 1.62. The van der Waals surface area contributed by atoms with Gasteiger partial charge in [-0.2, -0.15) is 0 Å². The lowest BCUT2D eigenvalue weighted by Crippen LogP contribution is -2.02. The van der Waals surface area contributed by atoms with E-state index >= 15 is 0 Å². The first-order chi connectivity index (χ1) is 17.7. The van der Waals surface area contributed by atoms with Crippen molar-refractivity contribution in [3.8, 4) is 51.4 Å². The summed E-state index contributed by atoms with van der Waals surface area (Å²) in [5.41, 5.74) is 1.80. The largest absolute Gasteiger partial charge is 0.507 e. The maximum Gasteiger partial charge on any atom is 0.337 e. The predicted octanol–water partition coefficient (Wildman–Crippen LogP) is 6.13. The van der Waals surface area contributed by atoms with Gasteiger partial charge in [-0.1, -0.05) is 45.0 Å². The van der Waals surface area contributed by atoms with Crippen LogP contribution in [0.25, 0.3) is 34.2 Å². The van der Waals surface area contributed by atoms with Gasteiger partial charge >= 0.3 is 5.97 Å². The highest BCUT2D eigenvalue weighted by Gasteiger charge is 2.17. The van der Waals surface area contributed by atoms with Crippen LogP contribution in [0.15, 0.2) is 66.7 Å². The Morgan fingerprint density at radius 2 is 1.38 bits per heavy atom. The van der Waals surface area contributed by atoms with Gasteiger partial charge in [0.2, 0.25) is 0 Å². The number of methoxy groups -OCH3 is 1. The topological polar surface area (TPSA) is 115 Å². The Morgan fingerprint density at radius 3 is 1.92 bits per heavy atom. The summed E-state index contributed by atoms with van der Waals surface area (Å²) in [6.45, 7) is 8.82. The van der Waals surface area contributed by atoms with E-state index in [0.717, 1.165) is 5.92 Å². The SMILES string of the molecule is CC(C)C.CCOc1ccc(-c2nc(-c3ccc(C(=O)OC)cc3)nc(-c3ccccc3O)n2)c(O)c1. The third-order valence-corrected chi connectivity index (χ3v) is 4.87. The molecular weight excluding hydrogens is 470 g/mol. The number of esters is 1. The molecule has 0 amide bonds. The van der Waals surface area contributed by atoms with Crippen LogP contribution >= 0.6 is 0 Å². The van der Waals surface area contributed by atoms with E-state index in [9.17, 15) is 15.0 Å². The normalized spacial score (nSPS) is 10.4. The average molecular weight is 502 g/mol. The maximum atomic E-state index is 11.8. The molecule has 3 aromatic carbocycles. The molecule has 0 aliphatic carbocycles. The molecule has 0 saturated carbocycles. The van der Waals surface area contributed by atoms with Gasteiger partial charge in [0, 0.05) is 11.6 Å². The minimum atomic E-state index is -0.452. The van der Waals surface area contributed by atoms with Gasteiger partial charge in [0.15, 0.2) is 17.5 Å². The Kier molecular flexibility index (Phi) is 9.16. The number of nitrogens with zero attached hydrogens (tertiary/aromatic N) is 3. The maximum absolute atomic E-state index is 11.8. The zero-order valence-electron chi connectivity index (χ0n) is 21.6. The van der Waals surface area contributed by atoms with Crippen molar-refractivity contribution in [1.82, 2.24) is 15.0 Å². The van der Waals surface area contributed by atoms with E-state index in [0.29, 0.717) is 40.4 Å². The predicted molar refractivity (Wildman–Crippen MR) is 142 cm³/mol. The quantitative estimate of drug-likeness (QED) is 0.303. The van der Waals surface area contributed by atoms with Gasteiger partial charge < -0.3 is 19.7 Å². The lowest BCUT2D eigenvalue weighted by molar-refractivity contribution is 0.0600. The molecule has 1 heterocycles. The first-order valence-electron chi connectivity index (χ1n) is 11.9. The fraction of sp³-hybridized carbons (Fsp3) is 0.241. The lowest BCUT2D eigenvalue weighted by atomic mass is 10.1. The molecule has 0 atom stereocenters. The van der Waals surface area contributed by atoms with Gasteiger partial charge in [-0.15, -0.1) is 0 Å². The summed E-state index contributed by atoms with van der Waals surface area (Å²) >= 11 is 0. The van der Waals surface area contributed by atoms with E-state index in [2.05, 4.69) is 35.7 Å². The third-order valence-electron chi connectivity index (χ3n) is 4.87. The highest BCUT2D eigenvalue weighted by atomic mass is 16.5. The molecule has 8 nitrogen and oxygen atoms in total. The molecule has 0 radical (unpaired) electrons. The highest BCUT2D eigenvalue weighted by molar-refractivity contribution is 5.89. The van der Waals surface area contributed by atoms with Crippen LogP contribution in [-0.2, 0) is 4.74 Å². The molecule has 192 valence electrons. The van der Waals surface area contributed by atoms with Crippen molar-refractivity contribution in [1.29, 1.82) is 0 Å². The van der Waals surface area contributed by atoms with Gasteiger partial charge in [-0.25, -0.2) is 19.7 Å². The number of benzene rings is 3. The molecule has 8 heteroatoms. The fourth-order valence-electron chi connectivity index (χ4n) is 3.24. The van der Waals surface area contributed by atoms with Gasteiger partial charge in [0.1, 0.15) is 17.2 Å². The Hall–Kier alpha value is -4.46. The van der Waals surface area contributed by atoms with Crippen LogP contribution in [-0.4, -0.2) is 44.9 Å². The molecule has 0 bridgehead atoms. The molecule has 0 aliphatic rings. The van der Waals surface area contributed by atoms with Gasteiger partial charge in [-0.05, 0) is 49.2 Å². The molecule has 0 saturated heterocycles. The minimum Gasteiger partial charge on any atom is -0.507 e. The van der Waals surface area contributed by atoms with Crippen molar-refractivity contribution in [2.45, 2.75) is 27.7 Å². The molecule has 4 rings (SSSR count). The second-order valence-electron chi connectivity index (χ2n) is 8.74. The van der Waals surface area contributed by atoms with E-state index in [1.54, 1.807) is 54.6 Å². The summed E-state index contributed by atoms with van der Waals surface area (Å²) in [5, 5.41) is 20.9. The smallest absolute Gasteiger partial charge is 0.337 e. The summed E-state index contributed by atoms with van der Waals surface area (Å²) in [7, 11) is 1.32. The summed E-state index contributed by atoms with van der Waals surface area (Å²) in [6.07, 6.45) is 0. The number of ether oxygens (including phenoxy) is 2. The first-order valence-corrected chi connectivity index (χ1v) is 11.9. The lowest BCUT2D eigenvalue weighted by Gasteiger charge is -2.11. The standard InChI is InChI=1S/C25H21N3O5.C4H10/c1-3-33-17-12-13-19(21(30)14-17)24-27-22(15-8-10-16(11-9-15)25(31)32-2)26-23(28-24)18-6-4-5-7-20(18)29;1-4(2)3/h4-14,29-30H,3H2,1-2H3;4H,1-3H3. The molecule has 2 N–H and O–H groups in total. The number of aromatic hydroxyl groups is 2. The number of hydrogen-bond donors (Lipinski definition) is 2. The van der Waals surface area contributed by atoms with Crippen molar-refractivity contribution in [2.24, 2.45) is 5.92 Å². The number of phenols is 2. The van der Waals surface area contributed by atoms with E-state index < -0.39 is 5.97 Å². The van der Waals surface area contributed by atoms with Crippen LogP contribution in [0.2, 0.25) is 0 Å². The zero-order valence-corrected chi connectivity index (χ0v) is 21.6. The second-order valence-corrected chi connectivity index (χ2v) is 8.74. The number of para-hydroxylation sites is 1. The van der Waals surface area contributed by atoms with Crippen LogP contribution in [0.3, 0.4) is 0 Å². The molecule has 0 spiro atoms. The average Bonchev–Trinajstić information content (AvgIpc) is 2.88. The Morgan fingerprint density at radius 1 is 0.811 bits per heavy atom. The zero-order chi connectivity index (χ0) is 26.9. The van der Waals surface area contributed by atoms with Crippen LogP contribution in [0.1, 0.15) is 38.1 Å². The Balaban J connectivity index is 0.000000886. The van der Waals surface area contributed by atoms with Crippen molar-refractivity contribution in [3.63, 3.8) is 0 Å². The fourth-order valence-corrected chi connectivity index (χ4v) is 3.24. The molecule has 0 aliphatic heterocycles. The second kappa shape index (κ2) is 12.5. The third kappa shape index (κ3) is 7.04. The van der Waals surface area contributed by atoms with Crippen molar-refractivity contribution in [3.05, 3.63) is 72.3 Å². The van der Waals surface area contributed by atoms with Gasteiger partial charge in [-0.3, -0.25) is 0 Å². The molecule has 4 aromatic rings. The monoisotopic (exact) mass is 501 g/mol. The van der Waals surface area contributed by atoms with E-state index in [1.807, 2.05) is 6.92 Å². The minimum absolute atomic E-state index is 0.0116. The first kappa shape index (κ1) is 27.1.